The number of esters is 1. The molecular formula is C23H14ClN3O5S. The van der Waals surface area contributed by atoms with Crippen molar-refractivity contribution in [3.05, 3.63) is 104 Å². The molecule has 0 atom stereocenters. The monoisotopic (exact) mass is 479 g/mol. The topological polar surface area (TPSA) is 111 Å². The number of nitrogens with zero attached hydrogens (tertiary/aromatic N) is 2. The molecule has 1 aromatic heterocycles. The number of benzene rings is 3. The SMILES string of the molecule is O=C(NN=Cc1ccc(OC(=O)c2sc3ccccc3c2Cl)cc1)c1cccc([N+](=O)[O-])c1. The minimum atomic E-state index is -0.583. The molecular weight excluding hydrogens is 466 g/mol. The van der Waals surface area contributed by atoms with Crippen LogP contribution < -0.4 is 10.2 Å². The van der Waals surface area contributed by atoms with Gasteiger partial charge in [0, 0.05) is 27.8 Å². The summed E-state index contributed by atoms with van der Waals surface area (Å²) in [7, 11) is 0. The Morgan fingerprint density at radius 3 is 2.55 bits per heavy atom. The molecule has 0 saturated heterocycles. The number of nitrogens with one attached hydrogen (secondary N) is 1. The van der Waals surface area contributed by atoms with Crippen LogP contribution in [0.3, 0.4) is 0 Å². The first kappa shape index (κ1) is 22.1. The normalized spacial score (nSPS) is 10.9. The summed E-state index contributed by atoms with van der Waals surface area (Å²) >= 11 is 7.58. The number of thiophene rings is 1. The number of carbonyl (C=O) groups is 2. The molecule has 4 aromatic rings. The lowest BCUT2D eigenvalue weighted by atomic mass is 10.2. The Morgan fingerprint density at radius 1 is 1.06 bits per heavy atom. The Bertz CT molecular complexity index is 1400. The maximum absolute atomic E-state index is 12.5. The molecule has 1 N–H and O–H groups in total. The number of nitro groups is 1. The fourth-order valence-electron chi connectivity index (χ4n) is 2.91. The number of non-ortho nitro benzene ring substituents is 1. The van der Waals surface area contributed by atoms with Crippen LogP contribution in [-0.4, -0.2) is 23.0 Å². The molecule has 1 amide bonds. The van der Waals surface area contributed by atoms with E-state index in [-0.39, 0.29) is 11.3 Å². The Morgan fingerprint density at radius 2 is 1.82 bits per heavy atom. The van der Waals surface area contributed by atoms with Gasteiger partial charge in [-0.1, -0.05) is 35.9 Å². The van der Waals surface area contributed by atoms with Crippen LogP contribution >= 0.6 is 22.9 Å². The standard InChI is InChI=1S/C23H14ClN3O5S/c24-20-18-6-1-2-7-19(18)33-21(20)23(29)32-17-10-8-14(9-11-17)13-25-26-22(28)15-4-3-5-16(12-15)27(30)31/h1-13H,(H,26,28). The van der Waals surface area contributed by atoms with E-state index in [4.69, 9.17) is 16.3 Å². The Kier molecular flexibility index (Phi) is 6.43. The van der Waals surface area contributed by atoms with Crippen molar-refractivity contribution in [1.82, 2.24) is 5.43 Å². The molecule has 0 bridgehead atoms. The van der Waals surface area contributed by atoms with Crippen LogP contribution in [0.4, 0.5) is 5.69 Å². The van der Waals surface area contributed by atoms with Crippen molar-refractivity contribution in [3.63, 3.8) is 0 Å². The third-order valence-electron chi connectivity index (χ3n) is 4.51. The van der Waals surface area contributed by atoms with Crippen LogP contribution in [-0.2, 0) is 0 Å². The molecule has 8 nitrogen and oxygen atoms in total. The maximum Gasteiger partial charge on any atom is 0.355 e. The molecule has 0 unspecified atom stereocenters. The first-order valence-corrected chi connectivity index (χ1v) is 10.7. The average molecular weight is 480 g/mol. The Balaban J connectivity index is 1.38. The summed E-state index contributed by atoms with van der Waals surface area (Å²) in [5, 5.41) is 15.8. The maximum atomic E-state index is 12.5. The van der Waals surface area contributed by atoms with Crippen molar-refractivity contribution in [2.75, 3.05) is 0 Å². The van der Waals surface area contributed by atoms with E-state index < -0.39 is 16.8 Å². The minimum absolute atomic E-state index is 0.114. The summed E-state index contributed by atoms with van der Waals surface area (Å²) in [6.45, 7) is 0. The zero-order chi connectivity index (χ0) is 23.4. The van der Waals surface area contributed by atoms with Gasteiger partial charge in [-0.05, 0) is 42.0 Å². The Hall–Kier alpha value is -4.08. The molecule has 1 heterocycles. The zero-order valence-electron chi connectivity index (χ0n) is 16.7. The highest BCUT2D eigenvalue weighted by Crippen LogP contribution is 2.35. The number of amides is 1. The quantitative estimate of drug-likeness (QED) is 0.130. The summed E-state index contributed by atoms with van der Waals surface area (Å²) < 4.78 is 6.31. The molecule has 0 aliphatic heterocycles. The summed E-state index contributed by atoms with van der Waals surface area (Å²) in [5.41, 5.74) is 2.87. The lowest BCUT2D eigenvalue weighted by Gasteiger charge is -2.03. The van der Waals surface area contributed by atoms with Crippen LogP contribution in [0.2, 0.25) is 5.02 Å². The van der Waals surface area contributed by atoms with E-state index in [0.29, 0.717) is 21.2 Å². The highest BCUT2D eigenvalue weighted by atomic mass is 35.5. The van der Waals surface area contributed by atoms with Gasteiger partial charge in [0.05, 0.1) is 16.2 Å². The number of hydrogen-bond donors (Lipinski definition) is 1. The summed E-state index contributed by atoms with van der Waals surface area (Å²) in [6.07, 6.45) is 1.39. The van der Waals surface area contributed by atoms with E-state index in [1.165, 1.54) is 35.8 Å². The van der Waals surface area contributed by atoms with Gasteiger partial charge in [-0.3, -0.25) is 14.9 Å². The molecule has 0 saturated carbocycles. The number of hydrazone groups is 1. The molecule has 164 valence electrons. The van der Waals surface area contributed by atoms with Crippen LogP contribution in [0.25, 0.3) is 10.1 Å². The van der Waals surface area contributed by atoms with Crippen molar-refractivity contribution in [2.24, 2.45) is 5.10 Å². The third kappa shape index (κ3) is 5.05. The van der Waals surface area contributed by atoms with Crippen molar-refractivity contribution >= 4 is 56.8 Å². The second kappa shape index (κ2) is 9.60. The number of ether oxygens (including phenoxy) is 1. The molecule has 33 heavy (non-hydrogen) atoms. The molecule has 0 fully saturated rings. The van der Waals surface area contributed by atoms with Gasteiger partial charge >= 0.3 is 5.97 Å². The van der Waals surface area contributed by atoms with Crippen LogP contribution in [0.5, 0.6) is 5.75 Å². The largest absolute Gasteiger partial charge is 0.422 e. The first-order chi connectivity index (χ1) is 15.9. The number of hydrogen-bond acceptors (Lipinski definition) is 7. The Labute approximate surface area is 196 Å². The lowest BCUT2D eigenvalue weighted by molar-refractivity contribution is -0.384. The molecule has 4 rings (SSSR count). The molecule has 0 spiro atoms. The first-order valence-electron chi connectivity index (χ1n) is 9.49. The van der Waals surface area contributed by atoms with E-state index in [2.05, 4.69) is 10.5 Å². The van der Waals surface area contributed by atoms with Gasteiger partial charge in [-0.2, -0.15) is 5.10 Å². The van der Waals surface area contributed by atoms with Crippen molar-refractivity contribution < 1.29 is 19.2 Å². The highest BCUT2D eigenvalue weighted by Gasteiger charge is 2.19. The van der Waals surface area contributed by atoms with Crippen LogP contribution in [0, 0.1) is 10.1 Å². The second-order valence-corrected chi connectivity index (χ2v) is 8.14. The smallest absolute Gasteiger partial charge is 0.355 e. The van der Waals surface area contributed by atoms with E-state index in [1.807, 2.05) is 24.3 Å². The van der Waals surface area contributed by atoms with Crippen molar-refractivity contribution in [1.29, 1.82) is 0 Å². The number of halogens is 1. The van der Waals surface area contributed by atoms with Gasteiger partial charge in [0.25, 0.3) is 11.6 Å². The average Bonchev–Trinajstić information content (AvgIpc) is 3.17. The van der Waals surface area contributed by atoms with Crippen molar-refractivity contribution in [2.45, 2.75) is 0 Å². The van der Waals surface area contributed by atoms with E-state index in [1.54, 1.807) is 24.3 Å². The number of carbonyl (C=O) groups excluding carboxylic acids is 2. The predicted octanol–water partition coefficient (Wildman–Crippen LogP) is 5.45. The second-order valence-electron chi connectivity index (χ2n) is 6.71. The number of rotatable bonds is 6. The van der Waals surface area contributed by atoms with Crippen LogP contribution in [0.1, 0.15) is 25.6 Å². The van der Waals surface area contributed by atoms with E-state index in [9.17, 15) is 19.7 Å². The number of nitro benzene ring substituents is 1. The van der Waals surface area contributed by atoms with E-state index in [0.717, 1.165) is 16.2 Å². The van der Waals surface area contributed by atoms with Gasteiger partial charge < -0.3 is 4.74 Å². The van der Waals surface area contributed by atoms with Gasteiger partial charge in [0.2, 0.25) is 0 Å². The van der Waals surface area contributed by atoms with Gasteiger partial charge in [0.1, 0.15) is 10.6 Å². The van der Waals surface area contributed by atoms with E-state index >= 15 is 0 Å². The summed E-state index contributed by atoms with van der Waals surface area (Å²) in [5.74, 6) is -0.807. The van der Waals surface area contributed by atoms with Gasteiger partial charge in [0.15, 0.2) is 0 Å². The summed E-state index contributed by atoms with van der Waals surface area (Å²) in [4.78, 5) is 35.2. The lowest BCUT2D eigenvalue weighted by Crippen LogP contribution is -2.17. The highest BCUT2D eigenvalue weighted by molar-refractivity contribution is 7.21. The van der Waals surface area contributed by atoms with Crippen LogP contribution in [0.15, 0.2) is 77.9 Å². The molecule has 0 aliphatic carbocycles. The minimum Gasteiger partial charge on any atom is -0.422 e. The van der Waals surface area contributed by atoms with Crippen molar-refractivity contribution in [3.8, 4) is 5.75 Å². The molecule has 0 aliphatic rings. The molecule has 0 radical (unpaired) electrons. The molecule has 3 aromatic carbocycles. The van der Waals surface area contributed by atoms with Gasteiger partial charge in [-0.25, -0.2) is 10.2 Å². The number of fused-ring (bicyclic) bond motifs is 1. The van der Waals surface area contributed by atoms with Gasteiger partial charge in [-0.15, -0.1) is 11.3 Å². The zero-order valence-corrected chi connectivity index (χ0v) is 18.3. The predicted molar refractivity (Wildman–Crippen MR) is 126 cm³/mol. The third-order valence-corrected chi connectivity index (χ3v) is 6.17. The molecule has 10 heteroatoms. The fraction of sp³-hybridized carbons (Fsp3) is 0. The summed E-state index contributed by atoms with van der Waals surface area (Å²) in [6, 6.07) is 19.2. The fourth-order valence-corrected chi connectivity index (χ4v) is 4.30.